The lowest BCUT2D eigenvalue weighted by Gasteiger charge is -2.29. The topological polar surface area (TPSA) is 84.1 Å². The molecule has 0 bridgehead atoms. The van der Waals surface area contributed by atoms with Crippen molar-refractivity contribution >= 4 is 23.5 Å². The minimum atomic E-state index is -0.709. The fourth-order valence-electron chi connectivity index (χ4n) is 3.35. The number of thioether (sulfide) groups is 1. The van der Waals surface area contributed by atoms with Gasteiger partial charge in [0.25, 0.3) is 5.56 Å². The minimum Gasteiger partial charge on any atom is -0.460 e. The zero-order valence-electron chi connectivity index (χ0n) is 17.5. The molecule has 1 atom stereocenters. The highest BCUT2D eigenvalue weighted by Crippen LogP contribution is 2.40. The number of H-pyrrole nitrogens is 1. The Morgan fingerprint density at radius 3 is 2.63 bits per heavy atom. The van der Waals surface area contributed by atoms with Crippen LogP contribution in [0.15, 0.2) is 45.5 Å². The molecule has 1 aromatic heterocycles. The van der Waals surface area contributed by atoms with E-state index in [4.69, 9.17) is 4.74 Å². The number of carbonyl (C=O) groups is 1. The highest BCUT2D eigenvalue weighted by atomic mass is 32.2. The molecular weight excluding hydrogens is 405 g/mol. The second-order valence-corrected chi connectivity index (χ2v) is 8.52. The quantitative estimate of drug-likeness (QED) is 0.289. The molecule has 2 aromatic rings. The Morgan fingerprint density at radius 2 is 2.00 bits per heavy atom. The molecule has 0 saturated heterocycles. The number of rotatable bonds is 7. The van der Waals surface area contributed by atoms with Gasteiger partial charge >= 0.3 is 5.97 Å². The van der Waals surface area contributed by atoms with E-state index in [2.05, 4.69) is 22.2 Å². The summed E-state index contributed by atoms with van der Waals surface area (Å²) in [4.78, 5) is 33.4. The van der Waals surface area contributed by atoms with Gasteiger partial charge in [-0.1, -0.05) is 37.2 Å². The molecular formula is C22H26FN3O3S. The molecule has 1 unspecified atom stereocenters. The van der Waals surface area contributed by atoms with Crippen LogP contribution in [0.3, 0.4) is 0 Å². The number of halogens is 1. The molecule has 1 aromatic carbocycles. The van der Waals surface area contributed by atoms with Crippen molar-refractivity contribution in [2.45, 2.75) is 57.7 Å². The first-order valence-corrected chi connectivity index (χ1v) is 11.0. The molecule has 8 heteroatoms. The normalized spacial score (nSPS) is 15.7. The van der Waals surface area contributed by atoms with Crippen LogP contribution in [0.1, 0.15) is 57.6 Å². The number of aromatic nitrogens is 2. The number of fused-ring (bicyclic) bond motifs is 1. The van der Waals surface area contributed by atoms with E-state index < -0.39 is 17.7 Å². The van der Waals surface area contributed by atoms with Gasteiger partial charge in [-0.3, -0.25) is 4.79 Å². The third-order valence-corrected chi connectivity index (χ3v) is 5.68. The highest BCUT2D eigenvalue weighted by Gasteiger charge is 2.36. The predicted octanol–water partition coefficient (Wildman–Crippen LogP) is 4.58. The van der Waals surface area contributed by atoms with Crippen molar-refractivity contribution < 1.29 is 13.9 Å². The van der Waals surface area contributed by atoms with Gasteiger partial charge in [0.05, 0.1) is 23.2 Å². The van der Waals surface area contributed by atoms with Crippen molar-refractivity contribution in [3.63, 3.8) is 0 Å². The molecule has 0 aliphatic carbocycles. The van der Waals surface area contributed by atoms with Crippen LogP contribution < -0.4 is 10.9 Å². The van der Waals surface area contributed by atoms with E-state index in [0.29, 0.717) is 33.4 Å². The average Bonchev–Trinajstić information content (AvgIpc) is 2.67. The second-order valence-electron chi connectivity index (χ2n) is 7.44. The second kappa shape index (κ2) is 9.47. The number of nitrogens with one attached hydrogen (secondary N) is 2. The van der Waals surface area contributed by atoms with Gasteiger partial charge in [0.2, 0.25) is 0 Å². The number of hydrogen-bond donors (Lipinski definition) is 2. The van der Waals surface area contributed by atoms with Crippen LogP contribution in [0.5, 0.6) is 0 Å². The maximum Gasteiger partial charge on any atom is 0.337 e. The fourth-order valence-corrected chi connectivity index (χ4v) is 4.30. The van der Waals surface area contributed by atoms with E-state index in [1.54, 1.807) is 32.9 Å². The highest BCUT2D eigenvalue weighted by molar-refractivity contribution is 7.99. The van der Waals surface area contributed by atoms with E-state index in [9.17, 15) is 14.0 Å². The maximum atomic E-state index is 13.5. The number of carbonyl (C=O) groups excluding carboxylic acids is 1. The van der Waals surface area contributed by atoms with E-state index in [1.165, 1.54) is 23.9 Å². The third-order valence-electron chi connectivity index (χ3n) is 4.72. The van der Waals surface area contributed by atoms with Gasteiger partial charge in [0.15, 0.2) is 5.16 Å². The van der Waals surface area contributed by atoms with Gasteiger partial charge in [-0.25, -0.2) is 14.2 Å². The Balaban J connectivity index is 2.12. The summed E-state index contributed by atoms with van der Waals surface area (Å²) in [7, 11) is 0. The molecule has 2 N–H and O–H groups in total. The van der Waals surface area contributed by atoms with Crippen LogP contribution in [0.25, 0.3) is 0 Å². The average molecular weight is 432 g/mol. The van der Waals surface area contributed by atoms with E-state index >= 15 is 0 Å². The number of anilines is 1. The van der Waals surface area contributed by atoms with Crippen LogP contribution in [-0.4, -0.2) is 27.8 Å². The minimum absolute atomic E-state index is 0.318. The third kappa shape index (κ3) is 4.75. The smallest absolute Gasteiger partial charge is 0.337 e. The van der Waals surface area contributed by atoms with Gasteiger partial charge in [-0.15, -0.1) is 0 Å². The van der Waals surface area contributed by atoms with Crippen molar-refractivity contribution in [1.82, 2.24) is 9.97 Å². The maximum absolute atomic E-state index is 13.5. The number of aromatic amines is 1. The van der Waals surface area contributed by atoms with Gasteiger partial charge in [0, 0.05) is 11.4 Å². The monoisotopic (exact) mass is 431 g/mol. The van der Waals surface area contributed by atoms with Gasteiger partial charge in [-0.2, -0.15) is 0 Å². The van der Waals surface area contributed by atoms with E-state index in [-0.39, 0.29) is 11.7 Å². The summed E-state index contributed by atoms with van der Waals surface area (Å²) in [5.74, 6) is -0.365. The summed E-state index contributed by atoms with van der Waals surface area (Å²) in [6, 6.07) is 5.78. The number of esters is 1. The number of nitrogens with zero attached hydrogens (tertiary/aromatic N) is 1. The lowest BCUT2D eigenvalue weighted by Crippen LogP contribution is -2.31. The molecule has 6 nitrogen and oxygen atoms in total. The van der Waals surface area contributed by atoms with Crippen LogP contribution in [0.4, 0.5) is 10.2 Å². The molecule has 0 radical (unpaired) electrons. The first kappa shape index (κ1) is 22.1. The van der Waals surface area contributed by atoms with Gasteiger partial charge in [0.1, 0.15) is 11.6 Å². The summed E-state index contributed by atoms with van der Waals surface area (Å²) in [5, 5.41) is 3.63. The van der Waals surface area contributed by atoms with Gasteiger partial charge in [-0.05, 0) is 44.9 Å². The molecule has 0 amide bonds. The molecule has 160 valence electrons. The SMILES string of the molecule is CCCCSc1nc2c(c(=O)[nH]1)C(c1ccc(F)cc1)C(C(=O)OC(C)C)=C(C)N2. The molecule has 30 heavy (non-hydrogen) atoms. The fraction of sp³-hybridized carbons (Fsp3) is 0.409. The Bertz CT molecular complexity index is 1020. The van der Waals surface area contributed by atoms with Crippen LogP contribution >= 0.6 is 11.8 Å². The molecule has 1 aliphatic rings. The van der Waals surface area contributed by atoms with Crippen molar-refractivity contribution in [1.29, 1.82) is 0 Å². The standard InChI is InChI=1S/C22H26FN3O3S/c1-5-6-11-30-22-25-19-18(20(27)26-22)17(14-7-9-15(23)10-8-14)16(13(4)24-19)21(28)29-12(2)3/h7-10,12,17H,5-6,11H2,1-4H3,(H2,24,25,26,27). The van der Waals surface area contributed by atoms with Crippen molar-refractivity contribution in [3.05, 3.63) is 62.8 Å². The lowest BCUT2D eigenvalue weighted by atomic mass is 9.82. The molecule has 0 fully saturated rings. The molecule has 2 heterocycles. The molecule has 0 saturated carbocycles. The van der Waals surface area contributed by atoms with E-state index in [0.717, 1.165) is 18.6 Å². The van der Waals surface area contributed by atoms with Crippen LogP contribution in [0.2, 0.25) is 0 Å². The summed E-state index contributed by atoms with van der Waals surface area (Å²) < 4.78 is 19.0. The Labute approximate surface area is 179 Å². The number of benzene rings is 1. The van der Waals surface area contributed by atoms with Crippen molar-refractivity contribution in [2.24, 2.45) is 0 Å². The number of hydrogen-bond acceptors (Lipinski definition) is 6. The Kier molecular flexibility index (Phi) is 6.97. The molecule has 3 rings (SSSR count). The van der Waals surface area contributed by atoms with Crippen LogP contribution in [0, 0.1) is 5.82 Å². The Hall–Kier alpha value is -2.61. The zero-order valence-corrected chi connectivity index (χ0v) is 18.4. The molecule has 1 aliphatic heterocycles. The van der Waals surface area contributed by atoms with Crippen LogP contribution in [-0.2, 0) is 9.53 Å². The summed E-state index contributed by atoms with van der Waals surface area (Å²) >= 11 is 1.48. The first-order valence-electron chi connectivity index (χ1n) is 10.0. The predicted molar refractivity (Wildman–Crippen MR) is 116 cm³/mol. The largest absolute Gasteiger partial charge is 0.460 e. The first-order chi connectivity index (χ1) is 14.3. The summed E-state index contributed by atoms with van der Waals surface area (Å²) in [6.45, 7) is 7.38. The number of unbranched alkanes of at least 4 members (excludes halogenated alkanes) is 1. The molecule has 0 spiro atoms. The number of ether oxygens (including phenoxy) is 1. The lowest BCUT2D eigenvalue weighted by molar-refractivity contribution is -0.143. The Morgan fingerprint density at radius 1 is 1.30 bits per heavy atom. The number of allylic oxidation sites excluding steroid dienone is 1. The van der Waals surface area contributed by atoms with E-state index in [1.807, 2.05) is 0 Å². The summed E-state index contributed by atoms with van der Waals surface area (Å²) in [6.07, 6.45) is 1.75. The zero-order chi connectivity index (χ0) is 21.8. The summed E-state index contributed by atoms with van der Waals surface area (Å²) in [5.41, 5.74) is 1.49. The van der Waals surface area contributed by atoms with Crippen molar-refractivity contribution in [2.75, 3.05) is 11.1 Å². The van der Waals surface area contributed by atoms with Gasteiger partial charge < -0.3 is 15.0 Å². The van der Waals surface area contributed by atoms with Crippen molar-refractivity contribution in [3.8, 4) is 0 Å².